The Kier molecular flexibility index (Phi) is 6.75. The first-order valence-electron chi connectivity index (χ1n) is 5.01. The summed E-state index contributed by atoms with van der Waals surface area (Å²) in [6, 6.07) is -0.135. The van der Waals surface area contributed by atoms with Crippen molar-refractivity contribution in [2.45, 2.75) is 26.8 Å². The molecule has 0 aromatic heterocycles. The van der Waals surface area contributed by atoms with E-state index in [0.717, 1.165) is 0 Å². The van der Waals surface area contributed by atoms with Crippen LogP contribution >= 0.6 is 11.6 Å². The van der Waals surface area contributed by atoms with Crippen LogP contribution in [0.1, 0.15) is 20.8 Å². The van der Waals surface area contributed by atoms with Crippen molar-refractivity contribution in [3.8, 4) is 0 Å². The summed E-state index contributed by atoms with van der Waals surface area (Å²) in [5, 5.41) is 8.81. The van der Waals surface area contributed by atoms with E-state index in [9.17, 15) is 8.42 Å². The first-order valence-corrected chi connectivity index (χ1v) is 7.15. The van der Waals surface area contributed by atoms with Crippen LogP contribution in [0.3, 0.4) is 0 Å². The Morgan fingerprint density at radius 1 is 1.33 bits per heavy atom. The lowest BCUT2D eigenvalue weighted by molar-refractivity contribution is 0.236. The summed E-state index contributed by atoms with van der Waals surface area (Å²) in [5.41, 5.74) is 0. The van der Waals surface area contributed by atoms with Gasteiger partial charge in [-0.1, -0.05) is 6.92 Å². The molecular formula is C9H20ClNO3S. The van der Waals surface area contributed by atoms with E-state index in [0.29, 0.717) is 5.88 Å². The minimum atomic E-state index is -3.31. The Hall–Kier alpha value is 0.160. The smallest absolute Gasteiger partial charge is 0.214 e. The highest BCUT2D eigenvalue weighted by Gasteiger charge is 2.25. The molecule has 0 fully saturated rings. The summed E-state index contributed by atoms with van der Waals surface area (Å²) in [5.74, 6) is 0.288. The highest BCUT2D eigenvalue weighted by Crippen LogP contribution is 2.11. The molecule has 0 saturated carbocycles. The van der Waals surface area contributed by atoms with Crippen molar-refractivity contribution in [1.82, 2.24) is 4.31 Å². The molecule has 15 heavy (non-hydrogen) atoms. The molecule has 0 bridgehead atoms. The summed E-state index contributed by atoms with van der Waals surface area (Å²) in [6.07, 6.45) is 0. The number of hydrogen-bond acceptors (Lipinski definition) is 3. The topological polar surface area (TPSA) is 57.6 Å². The predicted molar refractivity (Wildman–Crippen MR) is 62.6 cm³/mol. The highest BCUT2D eigenvalue weighted by atomic mass is 35.5. The van der Waals surface area contributed by atoms with Gasteiger partial charge in [0.1, 0.15) is 0 Å². The van der Waals surface area contributed by atoms with E-state index in [2.05, 4.69) is 0 Å². The quantitative estimate of drug-likeness (QED) is 0.690. The monoisotopic (exact) mass is 257 g/mol. The molecule has 0 saturated heterocycles. The molecule has 0 aliphatic carbocycles. The first-order chi connectivity index (χ1) is 6.85. The number of aliphatic hydroxyl groups excluding tert-OH is 1. The molecule has 0 aromatic carbocycles. The molecule has 1 atom stereocenters. The minimum absolute atomic E-state index is 0.0364. The van der Waals surface area contributed by atoms with Gasteiger partial charge in [0.2, 0.25) is 10.0 Å². The number of aliphatic hydroxyl groups is 1. The van der Waals surface area contributed by atoms with Crippen molar-refractivity contribution in [2.75, 3.05) is 24.8 Å². The van der Waals surface area contributed by atoms with Crippen LogP contribution < -0.4 is 0 Å². The third-order valence-corrected chi connectivity index (χ3v) is 4.85. The zero-order chi connectivity index (χ0) is 12.1. The molecule has 0 aliphatic rings. The second-order valence-corrected chi connectivity index (χ2v) is 6.24. The maximum absolute atomic E-state index is 11.9. The fourth-order valence-electron chi connectivity index (χ4n) is 1.32. The maximum Gasteiger partial charge on any atom is 0.214 e. The van der Waals surface area contributed by atoms with Crippen LogP contribution in [-0.4, -0.2) is 48.7 Å². The van der Waals surface area contributed by atoms with Gasteiger partial charge in [0.25, 0.3) is 0 Å². The molecule has 0 rings (SSSR count). The minimum Gasteiger partial charge on any atom is -0.395 e. The van der Waals surface area contributed by atoms with Gasteiger partial charge in [-0.05, 0) is 19.8 Å². The lowest BCUT2D eigenvalue weighted by Crippen LogP contribution is -2.41. The molecule has 6 heteroatoms. The van der Waals surface area contributed by atoms with E-state index < -0.39 is 10.0 Å². The van der Waals surface area contributed by atoms with Crippen molar-refractivity contribution in [2.24, 2.45) is 5.92 Å². The molecule has 0 radical (unpaired) electrons. The van der Waals surface area contributed by atoms with Crippen molar-refractivity contribution in [3.63, 3.8) is 0 Å². The molecule has 0 spiro atoms. The average Bonchev–Trinajstić information content (AvgIpc) is 2.12. The Labute approximate surface area is 97.3 Å². The third kappa shape index (κ3) is 5.15. The summed E-state index contributed by atoms with van der Waals surface area (Å²) < 4.78 is 25.1. The lowest BCUT2D eigenvalue weighted by atomic mass is 10.3. The van der Waals surface area contributed by atoms with Crippen molar-refractivity contribution < 1.29 is 13.5 Å². The summed E-state index contributed by atoms with van der Waals surface area (Å²) in [6.45, 7) is 5.36. The normalized spacial score (nSPS) is 14.9. The third-order valence-electron chi connectivity index (χ3n) is 2.01. The number of sulfonamides is 1. The van der Waals surface area contributed by atoms with Crippen LogP contribution in [0.15, 0.2) is 0 Å². The number of halogens is 1. The highest BCUT2D eigenvalue weighted by molar-refractivity contribution is 7.89. The Morgan fingerprint density at radius 2 is 1.87 bits per heavy atom. The molecule has 0 aliphatic heterocycles. The van der Waals surface area contributed by atoms with Crippen molar-refractivity contribution in [3.05, 3.63) is 0 Å². The zero-order valence-electron chi connectivity index (χ0n) is 9.48. The molecule has 92 valence electrons. The van der Waals surface area contributed by atoms with Gasteiger partial charge >= 0.3 is 0 Å². The van der Waals surface area contributed by atoms with Crippen LogP contribution in [0.25, 0.3) is 0 Å². The second kappa shape index (κ2) is 6.68. The fourth-order valence-corrected chi connectivity index (χ4v) is 3.59. The van der Waals surface area contributed by atoms with Crippen LogP contribution in [0.5, 0.6) is 0 Å². The molecule has 1 unspecified atom stereocenters. The van der Waals surface area contributed by atoms with Crippen LogP contribution in [-0.2, 0) is 10.0 Å². The Bertz CT molecular complexity index is 267. The van der Waals surface area contributed by atoms with Gasteiger partial charge < -0.3 is 5.11 Å². The standard InChI is InChI=1S/C9H20ClNO3S/c1-8(2)11(4-5-12)15(13,14)7-9(3)6-10/h8-9,12H,4-7H2,1-3H3. The maximum atomic E-state index is 11.9. The van der Waals surface area contributed by atoms with E-state index >= 15 is 0 Å². The van der Waals surface area contributed by atoms with Gasteiger partial charge in [0, 0.05) is 18.5 Å². The number of hydrogen-bond donors (Lipinski definition) is 1. The largest absolute Gasteiger partial charge is 0.395 e. The van der Waals surface area contributed by atoms with E-state index in [-0.39, 0.29) is 30.9 Å². The van der Waals surface area contributed by atoms with E-state index in [1.807, 2.05) is 0 Å². The van der Waals surface area contributed by atoms with Gasteiger partial charge in [-0.2, -0.15) is 4.31 Å². The fraction of sp³-hybridized carbons (Fsp3) is 1.00. The van der Waals surface area contributed by atoms with Gasteiger partial charge in [0.05, 0.1) is 12.4 Å². The van der Waals surface area contributed by atoms with Gasteiger partial charge in [-0.25, -0.2) is 8.42 Å². The summed E-state index contributed by atoms with van der Waals surface area (Å²) >= 11 is 5.59. The number of alkyl halides is 1. The van der Waals surface area contributed by atoms with Gasteiger partial charge in [-0.3, -0.25) is 0 Å². The SMILES string of the molecule is CC(CCl)CS(=O)(=O)N(CCO)C(C)C. The summed E-state index contributed by atoms with van der Waals surface area (Å²) in [7, 11) is -3.31. The van der Waals surface area contributed by atoms with Crippen LogP contribution in [0, 0.1) is 5.92 Å². The molecule has 0 heterocycles. The van der Waals surface area contributed by atoms with E-state index in [1.54, 1.807) is 20.8 Å². The van der Waals surface area contributed by atoms with Gasteiger partial charge in [0.15, 0.2) is 0 Å². The molecule has 0 amide bonds. The van der Waals surface area contributed by atoms with E-state index in [4.69, 9.17) is 16.7 Å². The van der Waals surface area contributed by atoms with Crippen molar-refractivity contribution in [1.29, 1.82) is 0 Å². The second-order valence-electron chi connectivity index (χ2n) is 3.97. The number of rotatable bonds is 7. The van der Waals surface area contributed by atoms with Gasteiger partial charge in [-0.15, -0.1) is 11.6 Å². The number of nitrogens with zero attached hydrogens (tertiary/aromatic N) is 1. The van der Waals surface area contributed by atoms with Crippen LogP contribution in [0.2, 0.25) is 0 Å². The zero-order valence-corrected chi connectivity index (χ0v) is 11.1. The predicted octanol–water partition coefficient (Wildman–Crippen LogP) is 0.894. The van der Waals surface area contributed by atoms with E-state index in [1.165, 1.54) is 4.31 Å². The Balaban J connectivity index is 4.64. The molecule has 1 N–H and O–H groups in total. The van der Waals surface area contributed by atoms with Crippen molar-refractivity contribution >= 4 is 21.6 Å². The molecular weight excluding hydrogens is 238 g/mol. The lowest BCUT2D eigenvalue weighted by Gasteiger charge is -2.26. The van der Waals surface area contributed by atoms with Crippen LogP contribution in [0.4, 0.5) is 0 Å². The summed E-state index contributed by atoms with van der Waals surface area (Å²) in [4.78, 5) is 0. The molecule has 4 nitrogen and oxygen atoms in total. The Morgan fingerprint density at radius 3 is 2.20 bits per heavy atom. The first kappa shape index (κ1) is 15.2. The average molecular weight is 258 g/mol. The molecule has 0 aromatic rings.